The summed E-state index contributed by atoms with van der Waals surface area (Å²) in [6.07, 6.45) is 9.51. The maximum absolute atomic E-state index is 4.62. The monoisotopic (exact) mass is 326 g/mol. The third-order valence-electron chi connectivity index (χ3n) is 4.71. The quantitative estimate of drug-likeness (QED) is 0.922. The molecule has 2 bridgehead atoms. The fraction of sp³-hybridized carbons (Fsp3) is 0.467. The molecule has 21 heavy (non-hydrogen) atoms. The molecule has 0 radical (unpaired) electrons. The molecule has 2 aromatic rings. The van der Waals surface area contributed by atoms with Crippen LogP contribution in [0.2, 0.25) is 0 Å². The van der Waals surface area contributed by atoms with Crippen molar-refractivity contribution in [3.8, 4) is 11.4 Å². The number of aromatic amines is 1. The molecule has 2 aliphatic heterocycles. The molecular formula is C15H20Cl2N4. The number of pyridine rings is 1. The lowest BCUT2D eigenvalue weighted by Gasteiger charge is -2.34. The molecule has 0 amide bonds. The second kappa shape index (κ2) is 6.34. The van der Waals surface area contributed by atoms with Gasteiger partial charge in [0, 0.05) is 18.2 Å². The number of rotatable bonds is 2. The van der Waals surface area contributed by atoms with E-state index in [9.17, 15) is 0 Å². The predicted octanol–water partition coefficient (Wildman–Crippen LogP) is 3.05. The summed E-state index contributed by atoms with van der Waals surface area (Å²) in [5.41, 5.74) is 3.75. The van der Waals surface area contributed by atoms with Gasteiger partial charge in [0.05, 0.1) is 23.9 Å². The first-order valence-electron chi connectivity index (χ1n) is 7.03. The number of hydrogen-bond donors (Lipinski definition) is 1. The molecule has 4 nitrogen and oxygen atoms in total. The molecule has 6 heteroatoms. The van der Waals surface area contributed by atoms with E-state index in [4.69, 9.17) is 0 Å². The number of halogens is 2. The van der Waals surface area contributed by atoms with E-state index in [1.807, 2.05) is 6.20 Å². The summed E-state index contributed by atoms with van der Waals surface area (Å²) in [6.45, 7) is 3.75. The summed E-state index contributed by atoms with van der Waals surface area (Å²) < 4.78 is 0. The maximum atomic E-state index is 4.62. The van der Waals surface area contributed by atoms with Crippen LogP contribution < -0.4 is 0 Å². The zero-order chi connectivity index (χ0) is 12.7. The Balaban J connectivity index is 0.000000807. The van der Waals surface area contributed by atoms with E-state index in [0.717, 1.165) is 11.4 Å². The van der Waals surface area contributed by atoms with Crippen LogP contribution in [0.5, 0.6) is 0 Å². The molecule has 2 aliphatic rings. The average Bonchev–Trinajstić information content (AvgIpc) is 3.09. The number of H-pyrrole nitrogens is 1. The van der Waals surface area contributed by atoms with Crippen LogP contribution in [0, 0.1) is 0 Å². The van der Waals surface area contributed by atoms with Gasteiger partial charge in [-0.25, -0.2) is 4.98 Å². The molecule has 2 aromatic heterocycles. The molecule has 0 aliphatic carbocycles. The van der Waals surface area contributed by atoms with E-state index in [1.54, 1.807) is 6.33 Å². The molecule has 114 valence electrons. The van der Waals surface area contributed by atoms with Crippen molar-refractivity contribution in [2.45, 2.75) is 24.7 Å². The molecule has 2 unspecified atom stereocenters. The van der Waals surface area contributed by atoms with Gasteiger partial charge in [-0.2, -0.15) is 0 Å². The summed E-state index contributed by atoms with van der Waals surface area (Å²) in [7, 11) is 0. The zero-order valence-electron chi connectivity index (χ0n) is 11.8. The van der Waals surface area contributed by atoms with Crippen molar-refractivity contribution >= 4 is 24.8 Å². The highest BCUT2D eigenvalue weighted by Crippen LogP contribution is 2.41. The van der Waals surface area contributed by atoms with Gasteiger partial charge in [0.1, 0.15) is 0 Å². The van der Waals surface area contributed by atoms with Gasteiger partial charge in [0.2, 0.25) is 0 Å². The van der Waals surface area contributed by atoms with Crippen LogP contribution in [0.15, 0.2) is 30.9 Å². The number of aromatic nitrogens is 3. The average molecular weight is 327 g/mol. The number of hydrogen-bond acceptors (Lipinski definition) is 3. The normalized spacial score (nSPS) is 26.8. The number of imidazole rings is 1. The molecular weight excluding hydrogens is 307 g/mol. The molecule has 2 atom stereocenters. The van der Waals surface area contributed by atoms with Gasteiger partial charge in [0.15, 0.2) is 0 Å². The minimum absolute atomic E-state index is 0. The fourth-order valence-electron chi connectivity index (χ4n) is 3.64. The number of nitrogens with one attached hydrogen (secondary N) is 1. The Morgan fingerprint density at radius 3 is 2.71 bits per heavy atom. The standard InChI is InChI=1S/C15H18N4.2ClH/c1-4-15(5-7-19(6-1)10-15)12-2-3-13(17-8-12)14-9-16-11-18-14;;/h2-3,8-9,11H,1,4-7,10H2,(H,16,18);2*1H. The third kappa shape index (κ3) is 2.80. The smallest absolute Gasteiger partial charge is 0.0924 e. The van der Waals surface area contributed by atoms with Crippen LogP contribution in [0.4, 0.5) is 0 Å². The highest BCUT2D eigenvalue weighted by atomic mass is 35.5. The zero-order valence-corrected chi connectivity index (χ0v) is 13.4. The Labute approximate surface area is 137 Å². The predicted molar refractivity (Wildman–Crippen MR) is 88.3 cm³/mol. The molecule has 1 N–H and O–H groups in total. The molecule has 2 fully saturated rings. The van der Waals surface area contributed by atoms with E-state index >= 15 is 0 Å². The molecule has 4 heterocycles. The van der Waals surface area contributed by atoms with Gasteiger partial charge in [-0.3, -0.25) is 4.98 Å². The van der Waals surface area contributed by atoms with Crippen molar-refractivity contribution in [3.63, 3.8) is 0 Å². The summed E-state index contributed by atoms with van der Waals surface area (Å²) in [5, 5.41) is 0. The Morgan fingerprint density at radius 1 is 1.10 bits per heavy atom. The van der Waals surface area contributed by atoms with E-state index in [-0.39, 0.29) is 24.8 Å². The lowest BCUT2D eigenvalue weighted by Crippen LogP contribution is -2.36. The Bertz CT molecular complexity index is 566. The van der Waals surface area contributed by atoms with Gasteiger partial charge in [-0.15, -0.1) is 24.8 Å². The second-order valence-corrected chi connectivity index (χ2v) is 5.81. The Morgan fingerprint density at radius 2 is 2.00 bits per heavy atom. The SMILES string of the molecule is Cl.Cl.c1ncc(-c2ccc(C34CCCN(CC3)C4)cn2)[nH]1. The van der Waals surface area contributed by atoms with E-state index < -0.39 is 0 Å². The van der Waals surface area contributed by atoms with Gasteiger partial charge in [-0.1, -0.05) is 6.07 Å². The van der Waals surface area contributed by atoms with Crippen LogP contribution in [0.3, 0.4) is 0 Å². The van der Waals surface area contributed by atoms with Crippen molar-refractivity contribution < 1.29 is 0 Å². The molecule has 4 rings (SSSR count). The summed E-state index contributed by atoms with van der Waals surface area (Å²) >= 11 is 0. The first-order valence-corrected chi connectivity index (χ1v) is 7.03. The van der Waals surface area contributed by atoms with Crippen LogP contribution in [-0.2, 0) is 5.41 Å². The Hall–Kier alpha value is -1.10. The van der Waals surface area contributed by atoms with Crippen molar-refractivity contribution in [3.05, 3.63) is 36.4 Å². The topological polar surface area (TPSA) is 44.8 Å². The number of piperidine rings is 1. The summed E-state index contributed by atoms with van der Waals surface area (Å²) in [6, 6.07) is 4.38. The summed E-state index contributed by atoms with van der Waals surface area (Å²) in [4.78, 5) is 14.4. The first-order chi connectivity index (χ1) is 9.36. The van der Waals surface area contributed by atoms with Crippen LogP contribution in [-0.4, -0.2) is 39.5 Å². The molecule has 0 saturated carbocycles. The lowest BCUT2D eigenvalue weighted by molar-refractivity contribution is 0.243. The van der Waals surface area contributed by atoms with Crippen molar-refractivity contribution in [1.82, 2.24) is 19.9 Å². The first kappa shape index (κ1) is 16.3. The molecule has 2 saturated heterocycles. The second-order valence-electron chi connectivity index (χ2n) is 5.81. The van der Waals surface area contributed by atoms with Gasteiger partial charge >= 0.3 is 0 Å². The van der Waals surface area contributed by atoms with Crippen molar-refractivity contribution in [2.24, 2.45) is 0 Å². The third-order valence-corrected chi connectivity index (χ3v) is 4.71. The molecule has 0 spiro atoms. The number of fused-ring (bicyclic) bond motifs is 2. The van der Waals surface area contributed by atoms with Gasteiger partial charge < -0.3 is 9.88 Å². The minimum Gasteiger partial charge on any atom is -0.343 e. The summed E-state index contributed by atoms with van der Waals surface area (Å²) in [5.74, 6) is 0. The maximum Gasteiger partial charge on any atom is 0.0924 e. The fourth-order valence-corrected chi connectivity index (χ4v) is 3.64. The van der Waals surface area contributed by atoms with Gasteiger partial charge in [0.25, 0.3) is 0 Å². The van der Waals surface area contributed by atoms with Crippen LogP contribution >= 0.6 is 24.8 Å². The van der Waals surface area contributed by atoms with Crippen LogP contribution in [0.25, 0.3) is 11.4 Å². The van der Waals surface area contributed by atoms with E-state index in [0.29, 0.717) is 5.41 Å². The van der Waals surface area contributed by atoms with Crippen molar-refractivity contribution in [2.75, 3.05) is 19.6 Å². The lowest BCUT2D eigenvalue weighted by atomic mass is 9.75. The Kier molecular flexibility index (Phi) is 4.91. The van der Waals surface area contributed by atoms with Gasteiger partial charge in [-0.05, 0) is 44.0 Å². The van der Waals surface area contributed by atoms with Crippen molar-refractivity contribution in [1.29, 1.82) is 0 Å². The highest BCUT2D eigenvalue weighted by molar-refractivity contribution is 5.85. The largest absolute Gasteiger partial charge is 0.343 e. The number of nitrogens with zero attached hydrogens (tertiary/aromatic N) is 3. The van der Waals surface area contributed by atoms with Crippen LogP contribution in [0.1, 0.15) is 24.8 Å². The molecule has 0 aromatic carbocycles. The van der Waals surface area contributed by atoms with E-state index in [2.05, 4.69) is 38.2 Å². The minimum atomic E-state index is 0. The van der Waals surface area contributed by atoms with E-state index in [1.165, 1.54) is 44.5 Å². The highest BCUT2D eigenvalue weighted by Gasteiger charge is 2.42.